The third-order valence-electron chi connectivity index (χ3n) is 3.02. The largest absolute Gasteiger partial charge is 0.369 e. The van der Waals surface area contributed by atoms with Gasteiger partial charge in [-0.25, -0.2) is 8.78 Å². The molecule has 0 radical (unpaired) electrons. The third-order valence-corrected chi connectivity index (χ3v) is 3.02. The smallest absolute Gasteiger partial charge is 0.160 e. The van der Waals surface area contributed by atoms with E-state index in [0.717, 1.165) is 31.7 Å². The maximum absolute atomic E-state index is 13.1. The van der Waals surface area contributed by atoms with Gasteiger partial charge in [0.2, 0.25) is 0 Å². The van der Waals surface area contributed by atoms with Crippen molar-refractivity contribution >= 4 is 5.69 Å². The minimum Gasteiger partial charge on any atom is -0.369 e. The maximum atomic E-state index is 13.1. The van der Waals surface area contributed by atoms with Crippen molar-refractivity contribution in [3.63, 3.8) is 0 Å². The first-order chi connectivity index (χ1) is 7.70. The van der Waals surface area contributed by atoms with Crippen molar-refractivity contribution in [1.82, 2.24) is 5.32 Å². The zero-order valence-electron chi connectivity index (χ0n) is 9.34. The van der Waals surface area contributed by atoms with Gasteiger partial charge in [0.15, 0.2) is 11.6 Å². The molecule has 1 aliphatic heterocycles. The molecule has 1 unspecified atom stereocenters. The molecule has 0 spiro atoms. The Bertz CT molecular complexity index is 368. The summed E-state index contributed by atoms with van der Waals surface area (Å²) in [5.74, 6) is -1.56. The molecular weight excluding hydrogens is 210 g/mol. The van der Waals surface area contributed by atoms with Crippen LogP contribution in [0.3, 0.4) is 0 Å². The van der Waals surface area contributed by atoms with E-state index in [2.05, 4.69) is 17.1 Å². The molecule has 2 rings (SSSR count). The van der Waals surface area contributed by atoms with Crippen molar-refractivity contribution in [3.05, 3.63) is 29.8 Å². The van der Waals surface area contributed by atoms with Crippen molar-refractivity contribution in [2.45, 2.75) is 19.4 Å². The maximum Gasteiger partial charge on any atom is 0.160 e. The van der Waals surface area contributed by atoms with E-state index >= 15 is 0 Å². The zero-order valence-corrected chi connectivity index (χ0v) is 9.34. The summed E-state index contributed by atoms with van der Waals surface area (Å²) < 4.78 is 25.9. The number of anilines is 1. The lowest BCUT2D eigenvalue weighted by Crippen LogP contribution is -2.50. The second-order valence-electron chi connectivity index (χ2n) is 4.10. The molecule has 1 atom stereocenters. The average Bonchev–Trinajstić information content (AvgIpc) is 2.33. The highest BCUT2D eigenvalue weighted by atomic mass is 19.2. The molecule has 2 nitrogen and oxygen atoms in total. The quantitative estimate of drug-likeness (QED) is 0.831. The molecule has 1 aromatic carbocycles. The molecule has 1 aliphatic rings. The van der Waals surface area contributed by atoms with Crippen molar-refractivity contribution in [2.24, 2.45) is 0 Å². The van der Waals surface area contributed by atoms with Crippen molar-refractivity contribution in [3.8, 4) is 0 Å². The van der Waals surface area contributed by atoms with E-state index in [9.17, 15) is 8.78 Å². The molecule has 1 N–H and O–H groups in total. The van der Waals surface area contributed by atoms with Crippen LogP contribution >= 0.6 is 0 Å². The van der Waals surface area contributed by atoms with Crippen molar-refractivity contribution in [1.29, 1.82) is 0 Å². The van der Waals surface area contributed by atoms with E-state index in [4.69, 9.17) is 0 Å². The zero-order chi connectivity index (χ0) is 11.5. The fourth-order valence-corrected chi connectivity index (χ4v) is 2.02. The predicted octanol–water partition coefficient (Wildman–Crippen LogP) is 2.15. The number of hydrogen-bond donors (Lipinski definition) is 1. The second kappa shape index (κ2) is 4.78. The van der Waals surface area contributed by atoms with Crippen LogP contribution in [0.25, 0.3) is 0 Å². The van der Waals surface area contributed by atoms with Gasteiger partial charge in [0.25, 0.3) is 0 Å². The molecule has 0 saturated carbocycles. The molecule has 88 valence electrons. The van der Waals surface area contributed by atoms with Crippen LogP contribution in [0.15, 0.2) is 18.2 Å². The monoisotopic (exact) mass is 226 g/mol. The predicted molar refractivity (Wildman–Crippen MR) is 60.7 cm³/mol. The summed E-state index contributed by atoms with van der Waals surface area (Å²) in [7, 11) is 0. The van der Waals surface area contributed by atoms with Crippen molar-refractivity contribution in [2.75, 3.05) is 24.5 Å². The fraction of sp³-hybridized carbons (Fsp3) is 0.500. The van der Waals surface area contributed by atoms with Gasteiger partial charge >= 0.3 is 0 Å². The average molecular weight is 226 g/mol. The lowest BCUT2D eigenvalue weighted by Gasteiger charge is -2.34. The fourth-order valence-electron chi connectivity index (χ4n) is 2.02. The lowest BCUT2D eigenvalue weighted by molar-refractivity contribution is 0.445. The van der Waals surface area contributed by atoms with E-state index in [1.807, 2.05) is 0 Å². The number of benzene rings is 1. The van der Waals surface area contributed by atoms with Crippen LogP contribution in [0, 0.1) is 11.6 Å². The number of nitrogens with zero attached hydrogens (tertiary/aromatic N) is 1. The summed E-state index contributed by atoms with van der Waals surface area (Å²) in [5.41, 5.74) is 0.763. The molecule has 16 heavy (non-hydrogen) atoms. The van der Waals surface area contributed by atoms with Gasteiger partial charge in [-0.05, 0) is 18.6 Å². The molecule has 0 amide bonds. The van der Waals surface area contributed by atoms with Crippen LogP contribution in [-0.2, 0) is 0 Å². The minimum absolute atomic E-state index is 0.432. The van der Waals surface area contributed by atoms with E-state index in [-0.39, 0.29) is 0 Å². The number of rotatable bonds is 2. The summed E-state index contributed by atoms with van der Waals surface area (Å²) in [5, 5.41) is 3.39. The normalized spacial score (nSPS) is 21.2. The summed E-state index contributed by atoms with van der Waals surface area (Å²) in [6.07, 6.45) is 1.04. The van der Waals surface area contributed by atoms with Crippen LogP contribution < -0.4 is 10.2 Å². The molecule has 4 heteroatoms. The Balaban J connectivity index is 2.13. The Labute approximate surface area is 94.3 Å². The van der Waals surface area contributed by atoms with Crippen LogP contribution in [0.5, 0.6) is 0 Å². The van der Waals surface area contributed by atoms with E-state index in [1.165, 1.54) is 12.1 Å². The molecule has 0 aromatic heterocycles. The number of halogens is 2. The highest BCUT2D eigenvalue weighted by Crippen LogP contribution is 2.19. The van der Waals surface area contributed by atoms with Crippen molar-refractivity contribution < 1.29 is 8.78 Å². The molecule has 1 saturated heterocycles. The summed E-state index contributed by atoms with van der Waals surface area (Å²) in [4.78, 5) is 2.09. The van der Waals surface area contributed by atoms with Crippen LogP contribution in [-0.4, -0.2) is 25.7 Å². The molecule has 1 aromatic rings. The first-order valence-electron chi connectivity index (χ1n) is 5.64. The Hall–Kier alpha value is -1.16. The first kappa shape index (κ1) is 11.3. The van der Waals surface area contributed by atoms with E-state index in [1.54, 1.807) is 6.07 Å². The molecule has 1 fully saturated rings. The SMILES string of the molecule is CCC1CN(c2ccc(F)c(F)c2)CCN1. The van der Waals surface area contributed by atoms with Gasteiger partial charge in [-0.1, -0.05) is 6.92 Å². The van der Waals surface area contributed by atoms with Gasteiger partial charge in [-0.2, -0.15) is 0 Å². The topological polar surface area (TPSA) is 15.3 Å². The van der Waals surface area contributed by atoms with Crippen LogP contribution in [0.1, 0.15) is 13.3 Å². The molecule has 0 aliphatic carbocycles. The second-order valence-corrected chi connectivity index (χ2v) is 4.10. The van der Waals surface area contributed by atoms with Crippen LogP contribution in [0.4, 0.5) is 14.5 Å². The number of nitrogens with one attached hydrogen (secondary N) is 1. The molecule has 0 bridgehead atoms. The highest BCUT2D eigenvalue weighted by molar-refractivity contribution is 5.47. The van der Waals surface area contributed by atoms with Crippen LogP contribution in [0.2, 0.25) is 0 Å². The molecular formula is C12H16F2N2. The lowest BCUT2D eigenvalue weighted by atomic mass is 10.1. The Morgan fingerprint density at radius 3 is 2.88 bits per heavy atom. The Kier molecular flexibility index (Phi) is 3.39. The summed E-state index contributed by atoms with van der Waals surface area (Å²) >= 11 is 0. The number of hydrogen-bond acceptors (Lipinski definition) is 2. The van der Waals surface area contributed by atoms with E-state index < -0.39 is 11.6 Å². The first-order valence-corrected chi connectivity index (χ1v) is 5.64. The van der Waals surface area contributed by atoms with Gasteiger partial charge < -0.3 is 10.2 Å². The third kappa shape index (κ3) is 2.32. The molecule has 1 heterocycles. The Morgan fingerprint density at radius 1 is 1.38 bits per heavy atom. The van der Waals surface area contributed by atoms with Gasteiger partial charge in [-0.15, -0.1) is 0 Å². The van der Waals surface area contributed by atoms with Gasteiger partial charge in [0.05, 0.1) is 0 Å². The van der Waals surface area contributed by atoms with E-state index in [0.29, 0.717) is 6.04 Å². The Morgan fingerprint density at radius 2 is 2.19 bits per heavy atom. The summed E-state index contributed by atoms with van der Waals surface area (Å²) in [6.45, 7) is 4.69. The van der Waals surface area contributed by atoms with Gasteiger partial charge in [-0.3, -0.25) is 0 Å². The minimum atomic E-state index is -0.786. The van der Waals surface area contributed by atoms with Gasteiger partial charge in [0.1, 0.15) is 0 Å². The standard InChI is InChI=1S/C12H16F2N2/c1-2-9-8-16(6-5-15-9)10-3-4-11(13)12(14)7-10/h3-4,7,9,15H,2,5-6,8H2,1H3. The highest BCUT2D eigenvalue weighted by Gasteiger charge is 2.18. The summed E-state index contributed by atoms with van der Waals surface area (Å²) in [6, 6.07) is 4.53. The number of piperazine rings is 1. The van der Waals surface area contributed by atoms with Gasteiger partial charge in [0, 0.05) is 37.4 Å².